The lowest BCUT2D eigenvalue weighted by Crippen LogP contribution is -2.48. The maximum atomic E-state index is 12.8. The van der Waals surface area contributed by atoms with Crippen molar-refractivity contribution >= 4 is 11.8 Å². The van der Waals surface area contributed by atoms with Crippen molar-refractivity contribution in [1.82, 2.24) is 9.80 Å². The third-order valence-corrected chi connectivity index (χ3v) is 6.52. The molecule has 3 fully saturated rings. The third-order valence-electron chi connectivity index (χ3n) is 6.52. The fourth-order valence-electron chi connectivity index (χ4n) is 4.59. The molecule has 3 saturated heterocycles. The summed E-state index contributed by atoms with van der Waals surface area (Å²) in [6, 6.07) is 0. The first kappa shape index (κ1) is 18.7. The predicted molar refractivity (Wildman–Crippen MR) is 97.0 cm³/mol. The molecule has 142 valence electrons. The average Bonchev–Trinajstić information content (AvgIpc) is 2.67. The van der Waals surface area contributed by atoms with E-state index in [2.05, 4.69) is 18.7 Å². The number of hydrogen-bond donors (Lipinski definition) is 0. The van der Waals surface area contributed by atoms with E-state index in [9.17, 15) is 9.59 Å². The van der Waals surface area contributed by atoms with Gasteiger partial charge in [-0.15, -0.1) is 0 Å². The highest BCUT2D eigenvalue weighted by molar-refractivity contribution is 5.81. The molecule has 0 aliphatic carbocycles. The molecule has 0 N–H and O–H groups in total. The van der Waals surface area contributed by atoms with Crippen molar-refractivity contribution < 1.29 is 14.3 Å². The summed E-state index contributed by atoms with van der Waals surface area (Å²) in [7, 11) is 0. The molecule has 3 aliphatic rings. The van der Waals surface area contributed by atoms with Crippen molar-refractivity contribution in [2.75, 3.05) is 39.4 Å². The molecule has 0 aromatic carbocycles. The summed E-state index contributed by atoms with van der Waals surface area (Å²) < 4.78 is 5.35. The van der Waals surface area contributed by atoms with E-state index in [0.29, 0.717) is 19.1 Å². The maximum Gasteiger partial charge on any atom is 0.225 e. The van der Waals surface area contributed by atoms with Crippen LogP contribution in [0, 0.1) is 23.7 Å². The molecule has 0 atom stereocenters. The van der Waals surface area contributed by atoms with Crippen LogP contribution >= 0.6 is 0 Å². The van der Waals surface area contributed by atoms with Gasteiger partial charge in [0.05, 0.1) is 0 Å². The van der Waals surface area contributed by atoms with Gasteiger partial charge in [-0.05, 0) is 50.4 Å². The largest absolute Gasteiger partial charge is 0.381 e. The van der Waals surface area contributed by atoms with E-state index < -0.39 is 0 Å². The van der Waals surface area contributed by atoms with E-state index in [0.717, 1.165) is 76.5 Å². The summed E-state index contributed by atoms with van der Waals surface area (Å²) in [6.45, 7) is 9.31. The van der Waals surface area contributed by atoms with Gasteiger partial charge in [0.1, 0.15) is 0 Å². The molecule has 0 saturated carbocycles. The van der Waals surface area contributed by atoms with Gasteiger partial charge < -0.3 is 14.5 Å². The van der Waals surface area contributed by atoms with Crippen LogP contribution in [0.1, 0.15) is 52.4 Å². The second kappa shape index (κ2) is 8.52. The normalized spacial score (nSPS) is 24.8. The molecule has 0 aromatic heterocycles. The zero-order valence-electron chi connectivity index (χ0n) is 15.9. The van der Waals surface area contributed by atoms with Crippen LogP contribution < -0.4 is 0 Å². The highest BCUT2D eigenvalue weighted by atomic mass is 16.5. The van der Waals surface area contributed by atoms with Crippen molar-refractivity contribution in [3.8, 4) is 0 Å². The van der Waals surface area contributed by atoms with E-state index in [1.165, 1.54) is 0 Å². The highest BCUT2D eigenvalue weighted by Gasteiger charge is 2.34. The zero-order valence-corrected chi connectivity index (χ0v) is 15.9. The summed E-state index contributed by atoms with van der Waals surface area (Å²) in [5.41, 5.74) is 0. The Morgan fingerprint density at radius 3 is 1.68 bits per heavy atom. The minimum atomic E-state index is 0.120. The summed E-state index contributed by atoms with van der Waals surface area (Å²) in [4.78, 5) is 29.5. The van der Waals surface area contributed by atoms with Crippen molar-refractivity contribution in [3.63, 3.8) is 0 Å². The molecule has 5 heteroatoms. The Balaban J connectivity index is 1.44. The van der Waals surface area contributed by atoms with Crippen molar-refractivity contribution in [3.05, 3.63) is 0 Å². The molecule has 3 aliphatic heterocycles. The van der Waals surface area contributed by atoms with Gasteiger partial charge in [-0.3, -0.25) is 9.59 Å². The quantitative estimate of drug-likeness (QED) is 0.786. The van der Waals surface area contributed by atoms with Crippen molar-refractivity contribution in [2.24, 2.45) is 23.7 Å². The number of ether oxygens (including phenoxy) is 1. The molecule has 0 spiro atoms. The fraction of sp³-hybridized carbons (Fsp3) is 0.900. The van der Waals surface area contributed by atoms with Gasteiger partial charge in [-0.2, -0.15) is 0 Å². The van der Waals surface area contributed by atoms with Crippen LogP contribution in [-0.4, -0.2) is 61.0 Å². The predicted octanol–water partition coefficient (Wildman–Crippen LogP) is 2.55. The summed E-state index contributed by atoms with van der Waals surface area (Å²) in [5.74, 6) is 2.36. The van der Waals surface area contributed by atoms with Crippen molar-refractivity contribution in [1.29, 1.82) is 0 Å². The Morgan fingerprint density at radius 1 is 0.760 bits per heavy atom. The van der Waals surface area contributed by atoms with Crippen LogP contribution in [0.5, 0.6) is 0 Å². The number of carbonyl (C=O) groups is 2. The second-order valence-electron chi connectivity index (χ2n) is 8.39. The average molecular weight is 351 g/mol. The maximum absolute atomic E-state index is 12.8. The number of carbonyl (C=O) groups excluding carboxylic acids is 2. The molecular weight excluding hydrogens is 316 g/mol. The van der Waals surface area contributed by atoms with Gasteiger partial charge in [0.15, 0.2) is 0 Å². The van der Waals surface area contributed by atoms with Gasteiger partial charge in [-0.25, -0.2) is 0 Å². The molecule has 0 radical (unpaired) electrons. The SMILES string of the molecule is CC(C)C1CCN(C(=O)C2CCN(C(=O)C3CCOCC3)CC2)CC1. The minimum Gasteiger partial charge on any atom is -0.381 e. The fourth-order valence-corrected chi connectivity index (χ4v) is 4.59. The first-order valence-electron chi connectivity index (χ1n) is 10.2. The Labute approximate surface area is 152 Å². The monoisotopic (exact) mass is 350 g/mol. The lowest BCUT2D eigenvalue weighted by atomic mass is 9.85. The number of nitrogens with zero attached hydrogens (tertiary/aromatic N) is 2. The Kier molecular flexibility index (Phi) is 6.37. The summed E-state index contributed by atoms with van der Waals surface area (Å²) in [5, 5.41) is 0. The molecule has 3 rings (SSSR count). The number of amides is 2. The first-order chi connectivity index (χ1) is 12.1. The minimum absolute atomic E-state index is 0.120. The molecule has 3 heterocycles. The first-order valence-corrected chi connectivity index (χ1v) is 10.2. The van der Waals surface area contributed by atoms with Gasteiger partial charge in [0.25, 0.3) is 0 Å². The molecule has 0 bridgehead atoms. The smallest absolute Gasteiger partial charge is 0.225 e. The van der Waals surface area contributed by atoms with E-state index in [4.69, 9.17) is 4.74 Å². The van der Waals surface area contributed by atoms with Gasteiger partial charge in [0.2, 0.25) is 11.8 Å². The van der Waals surface area contributed by atoms with Crippen molar-refractivity contribution in [2.45, 2.75) is 52.4 Å². The molecule has 25 heavy (non-hydrogen) atoms. The molecule has 5 nitrogen and oxygen atoms in total. The van der Waals surface area contributed by atoms with E-state index >= 15 is 0 Å². The van der Waals surface area contributed by atoms with Gasteiger partial charge in [-0.1, -0.05) is 13.8 Å². The van der Waals surface area contributed by atoms with Crippen LogP contribution in [-0.2, 0) is 14.3 Å². The number of hydrogen-bond acceptors (Lipinski definition) is 3. The van der Waals surface area contributed by atoms with Gasteiger partial charge >= 0.3 is 0 Å². The summed E-state index contributed by atoms with van der Waals surface area (Å²) in [6.07, 6.45) is 5.65. The van der Waals surface area contributed by atoms with Crippen LogP contribution in [0.2, 0.25) is 0 Å². The Hall–Kier alpha value is -1.10. The van der Waals surface area contributed by atoms with Gasteiger partial charge in [0, 0.05) is 51.2 Å². The van der Waals surface area contributed by atoms with E-state index in [-0.39, 0.29) is 17.7 Å². The standard InChI is InChI=1S/C20H34N2O3/c1-15(2)16-3-9-21(10-4-16)19(23)17-5-11-22(12-6-17)20(24)18-7-13-25-14-8-18/h15-18H,3-14H2,1-2H3. The topological polar surface area (TPSA) is 49.9 Å². The number of rotatable bonds is 3. The lowest BCUT2D eigenvalue weighted by Gasteiger charge is -2.39. The van der Waals surface area contributed by atoms with Crippen LogP contribution in [0.25, 0.3) is 0 Å². The number of likely N-dealkylation sites (tertiary alicyclic amines) is 2. The zero-order chi connectivity index (χ0) is 17.8. The third kappa shape index (κ3) is 4.55. The number of piperidine rings is 2. The summed E-state index contributed by atoms with van der Waals surface area (Å²) >= 11 is 0. The lowest BCUT2D eigenvalue weighted by molar-refractivity contribution is -0.145. The second-order valence-corrected chi connectivity index (χ2v) is 8.39. The highest BCUT2D eigenvalue weighted by Crippen LogP contribution is 2.28. The molecule has 0 unspecified atom stereocenters. The molecule has 0 aromatic rings. The van der Waals surface area contributed by atoms with Crippen LogP contribution in [0.3, 0.4) is 0 Å². The van der Waals surface area contributed by atoms with Crippen LogP contribution in [0.15, 0.2) is 0 Å². The Morgan fingerprint density at radius 2 is 1.20 bits per heavy atom. The van der Waals surface area contributed by atoms with E-state index in [1.807, 2.05) is 4.90 Å². The van der Waals surface area contributed by atoms with E-state index in [1.54, 1.807) is 0 Å². The Bertz CT molecular complexity index is 458. The van der Waals surface area contributed by atoms with Crippen LogP contribution in [0.4, 0.5) is 0 Å². The molecule has 2 amide bonds. The molecular formula is C20H34N2O3.